The summed E-state index contributed by atoms with van der Waals surface area (Å²) in [6.07, 6.45) is 3.38. The zero-order valence-corrected chi connectivity index (χ0v) is 16.0. The van der Waals surface area contributed by atoms with Crippen molar-refractivity contribution in [1.29, 1.82) is 0 Å². The second-order valence-corrected chi connectivity index (χ2v) is 7.62. The Bertz CT molecular complexity index is 844. The van der Waals surface area contributed by atoms with E-state index in [1.807, 2.05) is 37.3 Å². The van der Waals surface area contributed by atoms with Crippen molar-refractivity contribution in [1.82, 2.24) is 9.88 Å². The van der Waals surface area contributed by atoms with E-state index in [1.165, 1.54) is 10.5 Å². The summed E-state index contributed by atoms with van der Waals surface area (Å²) in [5, 5.41) is 0. The van der Waals surface area contributed by atoms with E-state index in [2.05, 4.69) is 18.8 Å². The molecule has 2 aromatic rings. The van der Waals surface area contributed by atoms with E-state index in [9.17, 15) is 9.59 Å². The number of carbonyl (C=O) groups is 2. The van der Waals surface area contributed by atoms with Crippen LogP contribution in [-0.4, -0.2) is 27.4 Å². The Morgan fingerprint density at radius 3 is 2.31 bits per heavy atom. The molecular weight excluding hydrogens is 326 g/mol. The van der Waals surface area contributed by atoms with E-state index in [-0.39, 0.29) is 11.9 Å². The Balaban J connectivity index is 1.95. The maximum atomic E-state index is 13.1. The fourth-order valence-electron chi connectivity index (χ4n) is 3.45. The molecule has 1 aliphatic rings. The molecule has 1 fully saturated rings. The number of urea groups is 1. The molecule has 3 amide bonds. The first kappa shape index (κ1) is 18.1. The number of hydrogen-bond donors (Lipinski definition) is 0. The Hall–Kier alpha value is -2.69. The smallest absolute Gasteiger partial charge is 0.305 e. The van der Waals surface area contributed by atoms with Crippen molar-refractivity contribution in [2.45, 2.75) is 52.6 Å². The first-order valence-corrected chi connectivity index (χ1v) is 8.89. The Kier molecular flexibility index (Phi) is 4.57. The molecule has 0 aliphatic carbocycles. The maximum Gasteiger partial charge on any atom is 0.332 e. The average Bonchev–Trinajstić information content (AvgIpc) is 2.75. The molecule has 0 radical (unpaired) electrons. The third-order valence-electron chi connectivity index (χ3n) is 5.05. The number of aromatic nitrogens is 1. The summed E-state index contributed by atoms with van der Waals surface area (Å²) in [6.45, 7) is 10.2. The number of imide groups is 1. The number of anilines is 1. The van der Waals surface area contributed by atoms with Crippen molar-refractivity contribution < 1.29 is 9.59 Å². The lowest BCUT2D eigenvalue weighted by molar-refractivity contribution is -0.123. The lowest BCUT2D eigenvalue weighted by Gasteiger charge is -2.27. The molecule has 1 aromatic carbocycles. The number of aryl methyl sites for hydroxylation is 1. The lowest BCUT2D eigenvalue weighted by Crippen LogP contribution is -2.43. The number of amides is 3. The van der Waals surface area contributed by atoms with E-state index in [0.717, 1.165) is 11.1 Å². The molecular formula is C21H25N3O2. The second-order valence-electron chi connectivity index (χ2n) is 7.62. The van der Waals surface area contributed by atoms with Crippen LogP contribution in [-0.2, 0) is 11.3 Å². The summed E-state index contributed by atoms with van der Waals surface area (Å²) in [5.41, 5.74) is 2.99. The Morgan fingerprint density at radius 1 is 1.08 bits per heavy atom. The van der Waals surface area contributed by atoms with E-state index in [1.54, 1.807) is 31.1 Å². The molecule has 5 nitrogen and oxygen atoms in total. The van der Waals surface area contributed by atoms with Gasteiger partial charge in [0.25, 0.3) is 5.91 Å². The molecule has 1 aromatic heterocycles. The van der Waals surface area contributed by atoms with Crippen LogP contribution in [0.2, 0.25) is 0 Å². The van der Waals surface area contributed by atoms with Crippen LogP contribution in [0.4, 0.5) is 10.5 Å². The van der Waals surface area contributed by atoms with Gasteiger partial charge in [-0.15, -0.1) is 0 Å². The van der Waals surface area contributed by atoms with Crippen LogP contribution < -0.4 is 4.90 Å². The fraction of sp³-hybridized carbons (Fsp3) is 0.381. The number of carbonyl (C=O) groups excluding carboxylic acids is 2. The highest BCUT2D eigenvalue weighted by atomic mass is 16.2. The van der Waals surface area contributed by atoms with E-state index >= 15 is 0 Å². The zero-order valence-electron chi connectivity index (χ0n) is 16.0. The Morgan fingerprint density at radius 2 is 1.73 bits per heavy atom. The third-order valence-corrected chi connectivity index (χ3v) is 5.05. The van der Waals surface area contributed by atoms with Crippen LogP contribution >= 0.6 is 0 Å². The van der Waals surface area contributed by atoms with Gasteiger partial charge in [0.15, 0.2) is 0 Å². The van der Waals surface area contributed by atoms with Gasteiger partial charge in [0.05, 0.1) is 5.69 Å². The average molecular weight is 351 g/mol. The van der Waals surface area contributed by atoms with Crippen LogP contribution in [0.25, 0.3) is 0 Å². The van der Waals surface area contributed by atoms with E-state index in [0.29, 0.717) is 18.2 Å². The highest BCUT2D eigenvalue weighted by Crippen LogP contribution is 2.34. The summed E-state index contributed by atoms with van der Waals surface area (Å²) in [7, 11) is 0. The molecule has 0 unspecified atom stereocenters. The van der Waals surface area contributed by atoms with Crippen molar-refractivity contribution in [2.24, 2.45) is 0 Å². The highest BCUT2D eigenvalue weighted by Gasteiger charge is 2.51. The monoisotopic (exact) mass is 351 g/mol. The van der Waals surface area contributed by atoms with Gasteiger partial charge in [-0.1, -0.05) is 19.9 Å². The van der Waals surface area contributed by atoms with Crippen LogP contribution in [0.1, 0.15) is 50.3 Å². The number of benzene rings is 1. The fourth-order valence-corrected chi connectivity index (χ4v) is 3.45. The minimum Gasteiger partial charge on any atom is -0.305 e. The van der Waals surface area contributed by atoms with Gasteiger partial charge in [-0.25, -0.2) is 9.69 Å². The first-order chi connectivity index (χ1) is 12.2. The van der Waals surface area contributed by atoms with E-state index in [4.69, 9.17) is 0 Å². The summed E-state index contributed by atoms with van der Waals surface area (Å²) in [5.74, 6) is 0.196. The van der Waals surface area contributed by atoms with Gasteiger partial charge < -0.3 is 4.90 Å². The molecule has 0 saturated carbocycles. The quantitative estimate of drug-likeness (QED) is 0.773. The van der Waals surface area contributed by atoms with Crippen molar-refractivity contribution in [3.8, 4) is 0 Å². The van der Waals surface area contributed by atoms with Gasteiger partial charge in [-0.2, -0.15) is 0 Å². The molecule has 3 rings (SSSR count). The minimum atomic E-state index is -0.898. The van der Waals surface area contributed by atoms with Crippen molar-refractivity contribution >= 4 is 17.6 Å². The topological polar surface area (TPSA) is 53.5 Å². The van der Waals surface area contributed by atoms with Gasteiger partial charge in [-0.05, 0) is 67.6 Å². The molecule has 26 heavy (non-hydrogen) atoms. The lowest BCUT2D eigenvalue weighted by atomic mass is 9.97. The molecule has 2 heterocycles. The molecule has 136 valence electrons. The zero-order chi connectivity index (χ0) is 19.1. The van der Waals surface area contributed by atoms with Gasteiger partial charge in [-0.3, -0.25) is 9.78 Å². The van der Waals surface area contributed by atoms with Crippen LogP contribution in [0.15, 0.2) is 42.7 Å². The minimum absolute atomic E-state index is 0.201. The molecule has 1 aliphatic heterocycles. The van der Waals surface area contributed by atoms with Gasteiger partial charge >= 0.3 is 6.03 Å². The van der Waals surface area contributed by atoms with Gasteiger partial charge in [0.1, 0.15) is 5.54 Å². The molecule has 5 heteroatoms. The summed E-state index contributed by atoms with van der Waals surface area (Å²) in [4.78, 5) is 33.0. The normalized spacial score (nSPS) is 16.7. The standard InChI is InChI=1S/C21H25N3O2/c1-14(2)18-7-6-17(12-15(18)3)24-19(25)21(4,5)23(20(24)26)13-16-8-10-22-11-9-16/h6-12,14H,13H2,1-5H3. The largest absolute Gasteiger partial charge is 0.332 e. The van der Waals surface area contributed by atoms with Crippen LogP contribution in [0.3, 0.4) is 0 Å². The van der Waals surface area contributed by atoms with E-state index < -0.39 is 5.54 Å². The molecule has 0 bridgehead atoms. The van der Waals surface area contributed by atoms with Crippen molar-refractivity contribution in [3.63, 3.8) is 0 Å². The summed E-state index contributed by atoms with van der Waals surface area (Å²) in [6, 6.07) is 9.24. The number of hydrogen-bond acceptors (Lipinski definition) is 3. The van der Waals surface area contributed by atoms with Crippen LogP contribution in [0, 0.1) is 6.92 Å². The highest BCUT2D eigenvalue weighted by molar-refractivity contribution is 6.22. The first-order valence-electron chi connectivity index (χ1n) is 8.89. The number of rotatable bonds is 4. The van der Waals surface area contributed by atoms with Gasteiger partial charge in [0.2, 0.25) is 0 Å². The SMILES string of the molecule is Cc1cc(N2C(=O)N(Cc3ccncc3)C(C)(C)C2=O)ccc1C(C)C. The number of pyridine rings is 1. The summed E-state index contributed by atoms with van der Waals surface area (Å²) >= 11 is 0. The predicted octanol–water partition coefficient (Wildman–Crippen LogP) is 4.26. The van der Waals surface area contributed by atoms with Gasteiger partial charge in [0, 0.05) is 18.9 Å². The second kappa shape index (κ2) is 6.56. The molecule has 1 saturated heterocycles. The third kappa shape index (κ3) is 2.98. The molecule has 0 atom stereocenters. The van der Waals surface area contributed by atoms with Crippen LogP contribution in [0.5, 0.6) is 0 Å². The maximum absolute atomic E-state index is 13.1. The predicted molar refractivity (Wildman–Crippen MR) is 102 cm³/mol. The Labute approximate surface area is 154 Å². The summed E-state index contributed by atoms with van der Waals surface area (Å²) < 4.78 is 0. The van der Waals surface area contributed by atoms with Crippen molar-refractivity contribution in [3.05, 3.63) is 59.4 Å². The number of nitrogens with zero attached hydrogens (tertiary/aromatic N) is 3. The molecule has 0 N–H and O–H groups in total. The van der Waals surface area contributed by atoms with Crippen molar-refractivity contribution in [2.75, 3.05) is 4.90 Å². The molecule has 0 spiro atoms.